The number of hydrogen-bond acceptors (Lipinski definition) is 4. The Morgan fingerprint density at radius 1 is 0.917 bits per heavy atom. The van der Waals surface area contributed by atoms with Crippen LogP contribution in [0.5, 0.6) is 0 Å². The van der Waals surface area contributed by atoms with Gasteiger partial charge in [0.15, 0.2) is 0 Å². The summed E-state index contributed by atoms with van der Waals surface area (Å²) in [6.07, 6.45) is 2.75. The standard InChI is InChI=1S/C20H15N3S/c1-2-6-14(7-3-1)16-12-24-20-18(16)19(21-13-22-20)23-11-10-15-8-4-5-9-17(15)23/h1-9,12-13H,10-11H2. The minimum atomic E-state index is 0.968. The SMILES string of the molecule is c1ccc(-c2csc3ncnc(N4CCc5ccccc54)c23)cc1. The van der Waals surface area contributed by atoms with Gasteiger partial charge in [-0.1, -0.05) is 48.5 Å². The lowest BCUT2D eigenvalue weighted by molar-refractivity contribution is 0.975. The molecule has 0 spiro atoms. The summed E-state index contributed by atoms with van der Waals surface area (Å²) in [5.41, 5.74) is 5.09. The largest absolute Gasteiger partial charge is 0.325 e. The molecule has 1 aliphatic rings. The van der Waals surface area contributed by atoms with Crippen molar-refractivity contribution in [3.63, 3.8) is 0 Å². The molecule has 4 aromatic rings. The zero-order valence-corrected chi connectivity index (χ0v) is 13.8. The van der Waals surface area contributed by atoms with Crippen molar-refractivity contribution >= 4 is 33.1 Å². The molecule has 0 atom stereocenters. The summed E-state index contributed by atoms with van der Waals surface area (Å²) in [7, 11) is 0. The fourth-order valence-corrected chi connectivity index (χ4v) is 4.36. The molecule has 0 aliphatic carbocycles. The number of nitrogens with zero attached hydrogens (tertiary/aromatic N) is 3. The van der Waals surface area contributed by atoms with Crippen LogP contribution < -0.4 is 4.90 Å². The lowest BCUT2D eigenvalue weighted by atomic mass is 10.1. The van der Waals surface area contributed by atoms with Crippen LogP contribution in [0.3, 0.4) is 0 Å². The second kappa shape index (κ2) is 5.42. The van der Waals surface area contributed by atoms with Crippen molar-refractivity contribution in [3.05, 3.63) is 71.9 Å². The summed E-state index contributed by atoms with van der Waals surface area (Å²) in [4.78, 5) is 12.5. The molecular formula is C20H15N3S. The molecule has 0 bridgehead atoms. The fraction of sp³-hybridized carbons (Fsp3) is 0.100. The summed E-state index contributed by atoms with van der Waals surface area (Å²) in [6, 6.07) is 19.1. The van der Waals surface area contributed by atoms with E-state index in [0.717, 1.165) is 29.0 Å². The number of para-hydroxylation sites is 1. The van der Waals surface area contributed by atoms with Gasteiger partial charge in [0.05, 0.1) is 5.39 Å². The molecule has 2 aromatic heterocycles. The van der Waals surface area contributed by atoms with Crippen LogP contribution in [0.25, 0.3) is 21.3 Å². The minimum Gasteiger partial charge on any atom is -0.325 e. The number of rotatable bonds is 2. The van der Waals surface area contributed by atoms with E-state index in [9.17, 15) is 0 Å². The van der Waals surface area contributed by atoms with Gasteiger partial charge in [-0.05, 0) is 23.6 Å². The Balaban J connectivity index is 1.74. The number of fused-ring (bicyclic) bond motifs is 2. The first-order valence-corrected chi connectivity index (χ1v) is 8.93. The van der Waals surface area contributed by atoms with E-state index < -0.39 is 0 Å². The van der Waals surface area contributed by atoms with Crippen molar-refractivity contribution in [3.8, 4) is 11.1 Å². The van der Waals surface area contributed by atoms with Gasteiger partial charge >= 0.3 is 0 Å². The van der Waals surface area contributed by atoms with Gasteiger partial charge in [0.2, 0.25) is 0 Å². The lowest BCUT2D eigenvalue weighted by Crippen LogP contribution is -2.15. The molecule has 5 rings (SSSR count). The second-order valence-corrected chi connectivity index (χ2v) is 6.78. The summed E-state index contributed by atoms with van der Waals surface area (Å²) in [5.74, 6) is 1.02. The van der Waals surface area contributed by atoms with Crippen molar-refractivity contribution in [1.29, 1.82) is 0 Å². The normalized spacial score (nSPS) is 13.4. The summed E-state index contributed by atoms with van der Waals surface area (Å²) in [5, 5.41) is 3.35. The maximum absolute atomic E-state index is 4.67. The molecular weight excluding hydrogens is 314 g/mol. The Bertz CT molecular complexity index is 1020. The molecule has 0 unspecified atom stereocenters. The molecule has 0 saturated carbocycles. The van der Waals surface area contributed by atoms with Crippen LogP contribution in [0.15, 0.2) is 66.3 Å². The lowest BCUT2D eigenvalue weighted by Gasteiger charge is -2.19. The van der Waals surface area contributed by atoms with Crippen molar-refractivity contribution in [1.82, 2.24) is 9.97 Å². The van der Waals surface area contributed by atoms with Crippen molar-refractivity contribution in [2.24, 2.45) is 0 Å². The topological polar surface area (TPSA) is 29.0 Å². The molecule has 0 fully saturated rings. The number of hydrogen-bond donors (Lipinski definition) is 0. The van der Waals surface area contributed by atoms with Gasteiger partial charge in [0.1, 0.15) is 17.0 Å². The monoisotopic (exact) mass is 329 g/mol. The molecule has 0 amide bonds. The molecule has 4 heteroatoms. The predicted octanol–water partition coefficient (Wildman–Crippen LogP) is 5.05. The molecule has 24 heavy (non-hydrogen) atoms. The fourth-order valence-electron chi connectivity index (χ4n) is 3.45. The molecule has 2 aromatic carbocycles. The van der Waals surface area contributed by atoms with Crippen LogP contribution in [0.1, 0.15) is 5.56 Å². The molecule has 0 N–H and O–H groups in total. The van der Waals surface area contributed by atoms with Gasteiger partial charge in [0.25, 0.3) is 0 Å². The maximum Gasteiger partial charge on any atom is 0.145 e. The molecule has 116 valence electrons. The van der Waals surface area contributed by atoms with E-state index in [1.54, 1.807) is 17.7 Å². The minimum absolute atomic E-state index is 0.968. The zero-order valence-electron chi connectivity index (χ0n) is 13.0. The first-order valence-electron chi connectivity index (χ1n) is 8.05. The quantitative estimate of drug-likeness (QED) is 0.515. The average molecular weight is 329 g/mol. The summed E-state index contributed by atoms with van der Waals surface area (Å²) < 4.78 is 0. The highest BCUT2D eigenvalue weighted by Crippen LogP contribution is 2.42. The van der Waals surface area contributed by atoms with E-state index in [1.807, 2.05) is 6.07 Å². The molecule has 3 heterocycles. The smallest absolute Gasteiger partial charge is 0.145 e. The number of aromatic nitrogens is 2. The van der Waals surface area contributed by atoms with Gasteiger partial charge < -0.3 is 4.90 Å². The number of benzene rings is 2. The second-order valence-electron chi connectivity index (χ2n) is 5.92. The van der Waals surface area contributed by atoms with Crippen molar-refractivity contribution in [2.75, 3.05) is 11.4 Å². The highest BCUT2D eigenvalue weighted by atomic mass is 32.1. The van der Waals surface area contributed by atoms with Crippen LogP contribution in [0, 0.1) is 0 Å². The average Bonchev–Trinajstić information content (AvgIpc) is 3.27. The summed E-state index contributed by atoms with van der Waals surface area (Å²) in [6.45, 7) is 0.968. The molecule has 0 saturated heterocycles. The Kier molecular flexibility index (Phi) is 3.10. The number of thiophene rings is 1. The van der Waals surface area contributed by atoms with E-state index in [1.165, 1.54) is 22.4 Å². The van der Waals surface area contributed by atoms with Crippen LogP contribution in [-0.2, 0) is 6.42 Å². The highest BCUT2D eigenvalue weighted by Gasteiger charge is 2.24. The Hall–Kier alpha value is -2.72. The van der Waals surface area contributed by atoms with Crippen LogP contribution in [0.2, 0.25) is 0 Å². The maximum atomic E-state index is 4.67. The van der Waals surface area contributed by atoms with Gasteiger partial charge in [0, 0.05) is 23.2 Å². The van der Waals surface area contributed by atoms with E-state index in [2.05, 4.69) is 68.8 Å². The first-order chi connectivity index (χ1) is 11.9. The van der Waals surface area contributed by atoms with Gasteiger partial charge in [-0.25, -0.2) is 9.97 Å². The van der Waals surface area contributed by atoms with E-state index in [-0.39, 0.29) is 0 Å². The summed E-state index contributed by atoms with van der Waals surface area (Å²) >= 11 is 1.69. The van der Waals surface area contributed by atoms with E-state index in [4.69, 9.17) is 0 Å². The first kappa shape index (κ1) is 13.7. The van der Waals surface area contributed by atoms with E-state index >= 15 is 0 Å². The Morgan fingerprint density at radius 3 is 2.67 bits per heavy atom. The van der Waals surface area contributed by atoms with Gasteiger partial charge in [-0.2, -0.15) is 0 Å². The Morgan fingerprint density at radius 2 is 1.75 bits per heavy atom. The van der Waals surface area contributed by atoms with Gasteiger partial charge in [-0.15, -0.1) is 11.3 Å². The predicted molar refractivity (Wildman–Crippen MR) is 100 cm³/mol. The molecule has 1 aliphatic heterocycles. The van der Waals surface area contributed by atoms with Crippen molar-refractivity contribution < 1.29 is 0 Å². The van der Waals surface area contributed by atoms with Crippen LogP contribution in [-0.4, -0.2) is 16.5 Å². The van der Waals surface area contributed by atoms with Crippen LogP contribution in [0.4, 0.5) is 11.5 Å². The Labute approximate surface area is 144 Å². The third kappa shape index (κ3) is 2.03. The van der Waals surface area contributed by atoms with E-state index in [0.29, 0.717) is 0 Å². The van der Waals surface area contributed by atoms with Crippen LogP contribution >= 0.6 is 11.3 Å². The molecule has 0 radical (unpaired) electrons. The van der Waals surface area contributed by atoms with Gasteiger partial charge in [-0.3, -0.25) is 0 Å². The zero-order chi connectivity index (χ0) is 15.9. The third-order valence-corrected chi connectivity index (χ3v) is 5.46. The molecule has 3 nitrogen and oxygen atoms in total. The highest BCUT2D eigenvalue weighted by molar-refractivity contribution is 7.17. The van der Waals surface area contributed by atoms with Crippen molar-refractivity contribution in [2.45, 2.75) is 6.42 Å². The third-order valence-electron chi connectivity index (χ3n) is 4.58. The number of anilines is 2.